The number of aryl methyl sites for hydroxylation is 1. The van der Waals surface area contributed by atoms with E-state index < -0.39 is 0 Å². The van der Waals surface area contributed by atoms with Gasteiger partial charge in [-0.15, -0.1) is 0 Å². The summed E-state index contributed by atoms with van der Waals surface area (Å²) in [6.07, 6.45) is 14.7. The fourth-order valence-corrected chi connectivity index (χ4v) is 1.89. The number of hydrogen-bond donors (Lipinski definition) is 0. The van der Waals surface area contributed by atoms with Gasteiger partial charge in [-0.05, 0) is 35.2 Å². The zero-order valence-corrected chi connectivity index (χ0v) is 21.6. The van der Waals surface area contributed by atoms with Gasteiger partial charge in [0.1, 0.15) is 0 Å². The summed E-state index contributed by atoms with van der Waals surface area (Å²) < 4.78 is 0. The molecule has 0 aliphatic rings. The van der Waals surface area contributed by atoms with Gasteiger partial charge < -0.3 is 0 Å². The van der Waals surface area contributed by atoms with Crippen molar-refractivity contribution in [2.45, 2.75) is 119 Å². The maximum absolute atomic E-state index is 2.26. The molecular weight excluding hydrogens is 415 g/mol. The van der Waals surface area contributed by atoms with Crippen molar-refractivity contribution in [3.63, 3.8) is 0 Å². The van der Waals surface area contributed by atoms with Crippen LogP contribution < -0.4 is 0 Å². The monoisotopic (exact) mass is 462 g/mol. The van der Waals surface area contributed by atoms with Crippen molar-refractivity contribution < 1.29 is 0 Å². The molecule has 0 bridgehead atoms. The van der Waals surface area contributed by atoms with Gasteiger partial charge in [0.05, 0.1) is 0 Å². The van der Waals surface area contributed by atoms with E-state index in [1.807, 2.05) is 0 Å². The minimum atomic E-state index is 0. The van der Waals surface area contributed by atoms with Gasteiger partial charge in [0.15, 0.2) is 0 Å². The Balaban J connectivity index is -0.000000130. The summed E-state index contributed by atoms with van der Waals surface area (Å²) in [4.78, 5) is 0. The minimum absolute atomic E-state index is 0. The number of thiophene rings is 1. The smallest absolute Gasteiger partial charge is 0 e. The predicted molar refractivity (Wildman–Crippen MR) is 120 cm³/mol. The van der Waals surface area contributed by atoms with Crippen LogP contribution in [0, 0.1) is 0 Å². The molecule has 1 aromatic heterocycles. The van der Waals surface area contributed by atoms with E-state index >= 15 is 0 Å². The molecular formula is C22H46SSn. The normalized spacial score (nSPS) is 8.46. The van der Waals surface area contributed by atoms with E-state index in [1.54, 1.807) is 11.3 Å². The second-order valence-electron chi connectivity index (χ2n) is 5.94. The zero-order chi connectivity index (χ0) is 18.2. The third kappa shape index (κ3) is 38.2. The predicted octanol–water partition coefficient (Wildman–Crippen LogP) is 8.91. The summed E-state index contributed by atoms with van der Waals surface area (Å²) in [7, 11) is 0. The summed E-state index contributed by atoms with van der Waals surface area (Å²) >= 11 is 1.80. The van der Waals surface area contributed by atoms with E-state index in [0.717, 1.165) is 0 Å². The molecule has 144 valence electrons. The summed E-state index contributed by atoms with van der Waals surface area (Å²) in [5, 5.41) is 4.42. The molecule has 0 unspecified atom stereocenters. The van der Waals surface area contributed by atoms with Gasteiger partial charge in [0.25, 0.3) is 0 Å². The third-order valence-electron chi connectivity index (χ3n) is 3.40. The second-order valence-corrected chi connectivity index (χ2v) is 6.72. The van der Waals surface area contributed by atoms with Crippen molar-refractivity contribution in [1.29, 1.82) is 0 Å². The molecule has 0 fully saturated rings. The maximum atomic E-state index is 2.26. The quantitative estimate of drug-likeness (QED) is 0.268. The van der Waals surface area contributed by atoms with E-state index in [2.05, 4.69) is 65.3 Å². The van der Waals surface area contributed by atoms with Crippen LogP contribution in [0.5, 0.6) is 0 Å². The van der Waals surface area contributed by atoms with E-state index in [4.69, 9.17) is 0 Å². The largest absolute Gasteiger partial charge is 0.152 e. The fraction of sp³-hybridized carbons (Fsp3) is 0.818. The zero-order valence-electron chi connectivity index (χ0n) is 17.9. The van der Waals surface area contributed by atoms with Crippen LogP contribution in [0.15, 0.2) is 16.8 Å². The van der Waals surface area contributed by atoms with Gasteiger partial charge in [-0.3, -0.25) is 0 Å². The first kappa shape index (κ1) is 32.2. The molecule has 0 aromatic carbocycles. The fourth-order valence-electron chi connectivity index (χ4n) is 1.19. The first-order valence-electron chi connectivity index (χ1n) is 10.2. The molecule has 2 heteroatoms. The molecule has 0 amide bonds. The Bertz CT molecular complexity index is 229. The Morgan fingerprint density at radius 2 is 1.08 bits per heavy atom. The van der Waals surface area contributed by atoms with Crippen LogP contribution in [0.2, 0.25) is 0 Å². The van der Waals surface area contributed by atoms with E-state index in [-0.39, 0.29) is 23.9 Å². The van der Waals surface area contributed by atoms with Gasteiger partial charge in [0, 0.05) is 23.9 Å². The molecule has 0 atom stereocenters. The minimum Gasteiger partial charge on any atom is -0.152 e. The average molecular weight is 461 g/mol. The van der Waals surface area contributed by atoms with Crippen LogP contribution in [0.25, 0.3) is 0 Å². The summed E-state index contributed by atoms with van der Waals surface area (Å²) in [5.41, 5.74) is 1.52. The molecule has 0 spiro atoms. The van der Waals surface area contributed by atoms with Crippen LogP contribution in [0.1, 0.15) is 118 Å². The molecule has 24 heavy (non-hydrogen) atoms. The topological polar surface area (TPSA) is 0 Å². The van der Waals surface area contributed by atoms with Gasteiger partial charge in [-0.25, -0.2) is 0 Å². The Morgan fingerprint density at radius 1 is 0.625 bits per heavy atom. The molecule has 4 radical (unpaired) electrons. The summed E-state index contributed by atoms with van der Waals surface area (Å²) in [6, 6.07) is 2.23. The van der Waals surface area contributed by atoms with Gasteiger partial charge in [-0.1, -0.05) is 106 Å². The number of hydrogen-bond acceptors (Lipinski definition) is 1. The first-order valence-corrected chi connectivity index (χ1v) is 11.1. The van der Waals surface area contributed by atoms with E-state index in [0.29, 0.717) is 0 Å². The number of rotatable bonds is 8. The van der Waals surface area contributed by atoms with Crippen LogP contribution in [0.3, 0.4) is 0 Å². The third-order valence-corrected chi connectivity index (χ3v) is 4.13. The van der Waals surface area contributed by atoms with E-state index in [1.165, 1.54) is 76.2 Å². The summed E-state index contributed by atoms with van der Waals surface area (Å²) in [6.45, 7) is 15.3. The Morgan fingerprint density at radius 3 is 1.38 bits per heavy atom. The second kappa shape index (κ2) is 34.8. The standard InChI is InChI=1S/C10H16S.3C4H10.Sn/c1-2-3-4-5-6-10-7-8-11-9-10;3*1-3-4-2;/h7-9H,2-6H2,1H3;3*3-4H2,1-2H3;. The molecule has 0 saturated carbocycles. The van der Waals surface area contributed by atoms with Crippen LogP contribution in [0.4, 0.5) is 0 Å². The maximum Gasteiger partial charge on any atom is 0 e. The molecule has 0 N–H and O–H groups in total. The Kier molecular flexibility index (Phi) is 46.6. The van der Waals surface area contributed by atoms with Crippen molar-refractivity contribution in [3.8, 4) is 0 Å². The molecule has 0 saturated heterocycles. The van der Waals surface area contributed by atoms with Gasteiger partial charge in [-0.2, -0.15) is 11.3 Å². The van der Waals surface area contributed by atoms with Gasteiger partial charge >= 0.3 is 0 Å². The molecule has 1 aromatic rings. The van der Waals surface area contributed by atoms with E-state index in [9.17, 15) is 0 Å². The molecule has 0 aliphatic heterocycles. The van der Waals surface area contributed by atoms with Crippen molar-refractivity contribution in [2.75, 3.05) is 0 Å². The van der Waals surface area contributed by atoms with Crippen molar-refractivity contribution in [1.82, 2.24) is 0 Å². The molecule has 1 rings (SSSR count). The SMILES string of the molecule is CCCC.CCCC.CCCC.CCCCCCc1ccsc1.[Sn]. The Labute approximate surface area is 176 Å². The summed E-state index contributed by atoms with van der Waals surface area (Å²) in [5.74, 6) is 0. The van der Waals surface area contributed by atoms with Crippen molar-refractivity contribution in [2.24, 2.45) is 0 Å². The van der Waals surface area contributed by atoms with Crippen LogP contribution in [-0.2, 0) is 6.42 Å². The van der Waals surface area contributed by atoms with Crippen molar-refractivity contribution in [3.05, 3.63) is 22.4 Å². The van der Waals surface area contributed by atoms with Crippen LogP contribution in [-0.4, -0.2) is 23.9 Å². The Hall–Kier alpha value is 0.499. The van der Waals surface area contributed by atoms with Gasteiger partial charge in [0.2, 0.25) is 0 Å². The van der Waals surface area contributed by atoms with Crippen LogP contribution >= 0.6 is 11.3 Å². The van der Waals surface area contributed by atoms with Crippen molar-refractivity contribution >= 4 is 35.2 Å². The number of unbranched alkanes of at least 4 members (excludes halogenated alkanes) is 6. The molecule has 1 heterocycles. The molecule has 0 aliphatic carbocycles. The average Bonchev–Trinajstić information content (AvgIpc) is 3.13. The molecule has 0 nitrogen and oxygen atoms in total. The first-order chi connectivity index (χ1) is 11.2.